The van der Waals surface area contributed by atoms with Gasteiger partial charge >= 0.3 is 0 Å². The van der Waals surface area contributed by atoms with E-state index in [1.54, 1.807) is 0 Å². The third-order valence-electron chi connectivity index (χ3n) is 3.96. The van der Waals surface area contributed by atoms with E-state index in [0.717, 1.165) is 5.41 Å². The Morgan fingerprint density at radius 1 is 1.07 bits per heavy atom. The average Bonchev–Trinajstić information content (AvgIpc) is 2.53. The second-order valence-electron chi connectivity index (χ2n) is 5.96. The molecule has 0 N–H and O–H groups in total. The molecule has 0 aliphatic carbocycles. The summed E-state index contributed by atoms with van der Waals surface area (Å²) in [6, 6.07) is 0. The van der Waals surface area contributed by atoms with Crippen molar-refractivity contribution in [2.45, 2.75) is 45.6 Å². The van der Waals surface area contributed by atoms with Gasteiger partial charge in [-0.2, -0.15) is 11.8 Å². The van der Waals surface area contributed by atoms with Gasteiger partial charge in [0.15, 0.2) is 0 Å². The van der Waals surface area contributed by atoms with Gasteiger partial charge in [-0.3, -0.25) is 4.90 Å². The average molecular weight is 213 g/mol. The second kappa shape index (κ2) is 3.71. The first kappa shape index (κ1) is 10.8. The van der Waals surface area contributed by atoms with Crippen LogP contribution in [0.25, 0.3) is 0 Å². The zero-order valence-corrected chi connectivity index (χ0v) is 10.6. The van der Waals surface area contributed by atoms with E-state index in [0.29, 0.717) is 5.54 Å². The summed E-state index contributed by atoms with van der Waals surface area (Å²) < 4.78 is 0. The molecular formula is C12H23NS. The molecule has 0 unspecified atom stereocenters. The number of hydrogen-bond acceptors (Lipinski definition) is 2. The third-order valence-corrected chi connectivity index (χ3v) is 5.27. The smallest absolute Gasteiger partial charge is 0.0125 e. The standard InChI is InChI=1S/C12H23NS/c1-11(2,3)13-7-4-12(5-8-13)6-9-14-10-12/h4-10H2,1-3H3. The molecule has 0 amide bonds. The van der Waals surface area contributed by atoms with Crippen molar-refractivity contribution in [2.24, 2.45) is 5.41 Å². The highest BCUT2D eigenvalue weighted by molar-refractivity contribution is 7.99. The molecule has 0 radical (unpaired) electrons. The van der Waals surface area contributed by atoms with Crippen LogP contribution in [0.1, 0.15) is 40.0 Å². The van der Waals surface area contributed by atoms with Crippen LogP contribution in [-0.2, 0) is 0 Å². The van der Waals surface area contributed by atoms with Gasteiger partial charge in [0.1, 0.15) is 0 Å². The Balaban J connectivity index is 1.92. The fourth-order valence-corrected chi connectivity index (χ4v) is 4.28. The van der Waals surface area contributed by atoms with Crippen LogP contribution in [0.2, 0.25) is 0 Å². The van der Waals surface area contributed by atoms with Crippen LogP contribution in [0, 0.1) is 5.41 Å². The lowest BCUT2D eigenvalue weighted by Gasteiger charge is -2.45. The number of rotatable bonds is 0. The van der Waals surface area contributed by atoms with Crippen LogP contribution in [-0.4, -0.2) is 35.0 Å². The van der Waals surface area contributed by atoms with Gasteiger partial charge in [-0.25, -0.2) is 0 Å². The van der Waals surface area contributed by atoms with Gasteiger partial charge in [0.05, 0.1) is 0 Å². The lowest BCUT2D eigenvalue weighted by Crippen LogP contribution is -2.49. The highest BCUT2D eigenvalue weighted by atomic mass is 32.2. The summed E-state index contributed by atoms with van der Waals surface area (Å²) in [6.45, 7) is 9.67. The van der Waals surface area contributed by atoms with Crippen molar-refractivity contribution in [1.82, 2.24) is 4.90 Å². The summed E-state index contributed by atoms with van der Waals surface area (Å²) in [7, 11) is 0. The molecule has 82 valence electrons. The molecule has 1 nitrogen and oxygen atoms in total. The van der Waals surface area contributed by atoms with Crippen molar-refractivity contribution in [3.63, 3.8) is 0 Å². The summed E-state index contributed by atoms with van der Waals surface area (Å²) in [6.07, 6.45) is 4.37. The molecule has 0 bridgehead atoms. The van der Waals surface area contributed by atoms with Crippen molar-refractivity contribution in [2.75, 3.05) is 24.6 Å². The van der Waals surface area contributed by atoms with Gasteiger partial charge in [0.2, 0.25) is 0 Å². The first-order chi connectivity index (χ1) is 6.52. The van der Waals surface area contributed by atoms with Crippen molar-refractivity contribution < 1.29 is 0 Å². The van der Waals surface area contributed by atoms with E-state index in [-0.39, 0.29) is 0 Å². The van der Waals surface area contributed by atoms with E-state index in [1.165, 1.54) is 43.9 Å². The van der Waals surface area contributed by atoms with E-state index in [9.17, 15) is 0 Å². The Hall–Kier alpha value is 0.310. The topological polar surface area (TPSA) is 3.24 Å². The first-order valence-corrected chi connectivity index (χ1v) is 7.00. The number of piperidine rings is 1. The normalized spacial score (nSPS) is 28.5. The van der Waals surface area contributed by atoms with Crippen molar-refractivity contribution in [3.05, 3.63) is 0 Å². The van der Waals surface area contributed by atoms with Gasteiger partial charge in [-0.15, -0.1) is 0 Å². The van der Waals surface area contributed by atoms with Crippen molar-refractivity contribution >= 4 is 11.8 Å². The molecule has 2 saturated heterocycles. The number of nitrogens with zero attached hydrogens (tertiary/aromatic N) is 1. The fourth-order valence-electron chi connectivity index (χ4n) is 2.70. The Morgan fingerprint density at radius 3 is 2.14 bits per heavy atom. The fraction of sp³-hybridized carbons (Fsp3) is 1.00. The van der Waals surface area contributed by atoms with E-state index in [2.05, 4.69) is 37.4 Å². The SMILES string of the molecule is CC(C)(C)N1CCC2(CCSC2)CC1. The van der Waals surface area contributed by atoms with E-state index >= 15 is 0 Å². The first-order valence-electron chi connectivity index (χ1n) is 5.85. The van der Waals surface area contributed by atoms with Crippen LogP contribution >= 0.6 is 11.8 Å². The number of hydrogen-bond donors (Lipinski definition) is 0. The van der Waals surface area contributed by atoms with Crippen LogP contribution in [0.5, 0.6) is 0 Å². The van der Waals surface area contributed by atoms with Crippen molar-refractivity contribution in [1.29, 1.82) is 0 Å². The molecule has 14 heavy (non-hydrogen) atoms. The predicted octanol–water partition coefficient (Wildman–Crippen LogP) is 3.00. The molecule has 2 rings (SSSR count). The minimum Gasteiger partial charge on any atom is -0.298 e. The molecule has 2 aliphatic rings. The quantitative estimate of drug-likeness (QED) is 0.608. The van der Waals surface area contributed by atoms with Gasteiger partial charge in [-0.1, -0.05) is 0 Å². The summed E-state index contributed by atoms with van der Waals surface area (Å²) in [5, 5.41) is 0. The van der Waals surface area contributed by atoms with Crippen LogP contribution < -0.4 is 0 Å². The lowest BCUT2D eigenvalue weighted by atomic mass is 9.77. The molecule has 2 heterocycles. The van der Waals surface area contributed by atoms with Crippen LogP contribution in [0.4, 0.5) is 0 Å². The maximum absolute atomic E-state index is 2.65. The Bertz CT molecular complexity index is 191. The highest BCUT2D eigenvalue weighted by Gasteiger charge is 2.39. The lowest BCUT2D eigenvalue weighted by molar-refractivity contribution is 0.0543. The Labute approximate surface area is 92.6 Å². The highest BCUT2D eigenvalue weighted by Crippen LogP contribution is 2.44. The van der Waals surface area contributed by atoms with Gasteiger partial charge in [-0.05, 0) is 70.0 Å². The summed E-state index contributed by atoms with van der Waals surface area (Å²) in [5.74, 6) is 2.85. The van der Waals surface area contributed by atoms with E-state index in [4.69, 9.17) is 0 Å². The molecule has 2 fully saturated rings. The molecule has 0 aromatic carbocycles. The zero-order valence-electron chi connectivity index (χ0n) is 9.81. The van der Waals surface area contributed by atoms with Crippen LogP contribution in [0.3, 0.4) is 0 Å². The maximum Gasteiger partial charge on any atom is 0.0125 e. The molecule has 0 saturated carbocycles. The minimum atomic E-state index is 0.382. The largest absolute Gasteiger partial charge is 0.298 e. The van der Waals surface area contributed by atoms with Gasteiger partial charge < -0.3 is 0 Å². The zero-order chi connectivity index (χ0) is 10.2. The molecule has 0 atom stereocenters. The van der Waals surface area contributed by atoms with Crippen molar-refractivity contribution in [3.8, 4) is 0 Å². The Kier molecular flexibility index (Phi) is 2.87. The minimum absolute atomic E-state index is 0.382. The molecule has 0 aromatic heterocycles. The summed E-state index contributed by atoms with van der Waals surface area (Å²) >= 11 is 2.17. The monoisotopic (exact) mass is 213 g/mol. The molecule has 0 aromatic rings. The second-order valence-corrected chi connectivity index (χ2v) is 7.07. The third kappa shape index (κ3) is 2.11. The summed E-state index contributed by atoms with van der Waals surface area (Å²) in [5.41, 5.74) is 1.12. The van der Waals surface area contributed by atoms with Gasteiger partial charge in [0.25, 0.3) is 0 Å². The number of likely N-dealkylation sites (tertiary alicyclic amines) is 1. The predicted molar refractivity (Wildman–Crippen MR) is 64.9 cm³/mol. The Morgan fingerprint density at radius 2 is 1.71 bits per heavy atom. The molecular weight excluding hydrogens is 190 g/mol. The van der Waals surface area contributed by atoms with E-state index in [1.807, 2.05) is 0 Å². The maximum atomic E-state index is 2.65. The summed E-state index contributed by atoms with van der Waals surface area (Å²) in [4.78, 5) is 2.65. The van der Waals surface area contributed by atoms with E-state index < -0.39 is 0 Å². The molecule has 2 aliphatic heterocycles. The van der Waals surface area contributed by atoms with Gasteiger partial charge in [0, 0.05) is 5.54 Å². The van der Waals surface area contributed by atoms with Crippen LogP contribution in [0.15, 0.2) is 0 Å². The number of thioether (sulfide) groups is 1. The molecule has 2 heteroatoms. The molecule has 1 spiro atoms.